The zero-order valence-corrected chi connectivity index (χ0v) is 30.3. The molecule has 0 aliphatic heterocycles. The van der Waals surface area contributed by atoms with Gasteiger partial charge in [0.1, 0.15) is 0 Å². The van der Waals surface area contributed by atoms with E-state index in [-0.39, 0.29) is 5.95 Å². The molecule has 0 amide bonds. The third-order valence-corrected chi connectivity index (χ3v) is 8.95. The minimum atomic E-state index is 0.169. The van der Waals surface area contributed by atoms with Crippen LogP contribution in [0.2, 0.25) is 5.02 Å². The lowest BCUT2D eigenvalue weighted by atomic mass is 10.2. The van der Waals surface area contributed by atoms with Crippen LogP contribution in [0, 0.1) is 0 Å². The first-order valence-electron chi connectivity index (χ1n) is 15.6. The molecule has 0 bridgehead atoms. The Morgan fingerprint density at radius 2 is 1.08 bits per heavy atom. The third-order valence-electron chi connectivity index (χ3n) is 6.18. The number of rotatable bonds is 20. The fraction of sp³-hybridized carbons (Fsp3) is 0.300. The first kappa shape index (κ1) is 36.8. The second-order valence-corrected chi connectivity index (χ2v) is 13.7. The van der Waals surface area contributed by atoms with E-state index in [0.29, 0.717) is 95.3 Å². The molecule has 3 heterocycles. The summed E-state index contributed by atoms with van der Waals surface area (Å²) in [5.41, 5.74) is 12.6. The Morgan fingerprint density at radius 1 is 0.580 bits per heavy atom. The molecule has 0 saturated heterocycles. The molecule has 0 aliphatic rings. The van der Waals surface area contributed by atoms with Crippen LogP contribution < -0.4 is 38.1 Å². The topological polar surface area (TPSA) is 228 Å². The van der Waals surface area contributed by atoms with E-state index >= 15 is 0 Å². The molecule has 0 saturated carbocycles. The Hall–Kier alpha value is -4.43. The molecular weight excluding hydrogens is 716 g/mol. The maximum Gasteiger partial charge on any atom is 0.228 e. The van der Waals surface area contributed by atoms with Gasteiger partial charge in [-0.05, 0) is 47.3 Å². The summed E-state index contributed by atoms with van der Waals surface area (Å²) < 4.78 is 0. The Bertz CT molecular complexity index is 1790. The highest BCUT2D eigenvalue weighted by molar-refractivity contribution is 7.99. The first-order chi connectivity index (χ1) is 24.4. The number of hydrogen-bond acceptors (Lipinski definition) is 19. The van der Waals surface area contributed by atoms with Gasteiger partial charge in [0.25, 0.3) is 0 Å². The fourth-order valence-electron chi connectivity index (χ4n) is 3.99. The number of aromatic nitrogens is 9. The average molecular weight is 753 g/mol. The van der Waals surface area contributed by atoms with Gasteiger partial charge in [-0.15, -0.1) is 0 Å². The number of halogens is 1. The lowest BCUT2D eigenvalue weighted by molar-refractivity contribution is 0.866. The first-order valence-corrected chi connectivity index (χ1v) is 18.8. The standard InChI is InChI=1S/C30H37ClN16S3/c1-2-48-28-40-22(33)39-23(43-28)35-14-15-36-25-42-26(45-29(44-25)49-18-19-8-10-20(31)11-9-19)37-16-17-38-27-41-24(34-13-12-32)46-30(47-27)50-21-6-4-3-5-7-21/h3-11H,2,12-18,32H2,1H3,(H3,33,35,39,40,43)(H2,34,38,41,46,47)(H2,36,37,42,44,45). The zero-order valence-electron chi connectivity index (χ0n) is 27.1. The van der Waals surface area contributed by atoms with Crippen molar-refractivity contribution in [3.63, 3.8) is 0 Å². The molecule has 0 radical (unpaired) electrons. The van der Waals surface area contributed by atoms with Gasteiger partial charge in [-0.2, -0.15) is 44.9 Å². The minimum absolute atomic E-state index is 0.169. The van der Waals surface area contributed by atoms with Crippen molar-refractivity contribution < 1.29 is 0 Å². The third kappa shape index (κ3) is 12.5. The summed E-state index contributed by atoms with van der Waals surface area (Å²) in [4.78, 5) is 41.2. The predicted octanol–water partition coefficient (Wildman–Crippen LogP) is 4.45. The summed E-state index contributed by atoms with van der Waals surface area (Å²) in [6.07, 6.45) is 0. The van der Waals surface area contributed by atoms with Gasteiger partial charge in [0.05, 0.1) is 0 Å². The Morgan fingerprint density at radius 3 is 1.62 bits per heavy atom. The van der Waals surface area contributed by atoms with Gasteiger partial charge < -0.3 is 38.1 Å². The predicted molar refractivity (Wildman–Crippen MR) is 203 cm³/mol. The summed E-state index contributed by atoms with van der Waals surface area (Å²) >= 11 is 10.5. The van der Waals surface area contributed by atoms with Crippen LogP contribution in [0.4, 0.5) is 35.7 Å². The van der Waals surface area contributed by atoms with Crippen LogP contribution in [0.15, 0.2) is 75.0 Å². The molecule has 16 nitrogen and oxygen atoms in total. The Balaban J connectivity index is 1.21. The molecule has 50 heavy (non-hydrogen) atoms. The molecule has 5 rings (SSSR count). The Labute approximate surface area is 307 Å². The summed E-state index contributed by atoms with van der Waals surface area (Å²) in [5.74, 6) is 3.79. The number of thioether (sulfide) groups is 2. The van der Waals surface area contributed by atoms with Crippen molar-refractivity contribution in [2.75, 3.05) is 77.3 Å². The summed E-state index contributed by atoms with van der Waals surface area (Å²) in [7, 11) is 0. The van der Waals surface area contributed by atoms with Crippen LogP contribution in [-0.4, -0.2) is 89.9 Å². The average Bonchev–Trinajstić information content (AvgIpc) is 3.11. The van der Waals surface area contributed by atoms with E-state index in [2.05, 4.69) is 71.4 Å². The molecule has 3 aromatic heterocycles. The molecule has 0 aliphatic carbocycles. The fourth-order valence-corrected chi connectivity index (χ4v) is 6.24. The van der Waals surface area contributed by atoms with E-state index in [0.717, 1.165) is 16.2 Å². The second-order valence-electron chi connectivity index (χ2n) is 10.0. The molecule has 0 spiro atoms. The van der Waals surface area contributed by atoms with Crippen molar-refractivity contribution in [2.45, 2.75) is 33.0 Å². The highest BCUT2D eigenvalue weighted by Crippen LogP contribution is 2.26. The molecule has 0 fully saturated rings. The smallest absolute Gasteiger partial charge is 0.228 e. The van der Waals surface area contributed by atoms with Gasteiger partial charge in [-0.1, -0.05) is 72.4 Å². The molecule has 2 aromatic carbocycles. The van der Waals surface area contributed by atoms with Crippen LogP contribution in [0.3, 0.4) is 0 Å². The molecule has 9 N–H and O–H groups in total. The number of nitrogens with two attached hydrogens (primary N) is 2. The van der Waals surface area contributed by atoms with Crippen LogP contribution in [0.5, 0.6) is 0 Å². The van der Waals surface area contributed by atoms with Crippen LogP contribution in [0.25, 0.3) is 0 Å². The highest BCUT2D eigenvalue weighted by Gasteiger charge is 2.11. The van der Waals surface area contributed by atoms with Crippen molar-refractivity contribution in [1.29, 1.82) is 0 Å². The number of benzene rings is 2. The lowest BCUT2D eigenvalue weighted by Crippen LogP contribution is -2.20. The van der Waals surface area contributed by atoms with Crippen molar-refractivity contribution in [3.8, 4) is 0 Å². The number of nitrogens with zero attached hydrogens (tertiary/aromatic N) is 9. The van der Waals surface area contributed by atoms with Gasteiger partial charge in [0.15, 0.2) is 15.5 Å². The largest absolute Gasteiger partial charge is 0.368 e. The quantitative estimate of drug-likeness (QED) is 0.0430. The van der Waals surface area contributed by atoms with Gasteiger partial charge in [-0.25, -0.2) is 0 Å². The minimum Gasteiger partial charge on any atom is -0.368 e. The zero-order chi connectivity index (χ0) is 35.0. The van der Waals surface area contributed by atoms with Crippen LogP contribution >= 0.6 is 46.9 Å². The van der Waals surface area contributed by atoms with Gasteiger partial charge in [-0.3, -0.25) is 0 Å². The van der Waals surface area contributed by atoms with E-state index in [1.165, 1.54) is 35.3 Å². The summed E-state index contributed by atoms with van der Waals surface area (Å²) in [5, 5.41) is 18.5. The number of nitrogen functional groups attached to an aromatic ring is 1. The van der Waals surface area contributed by atoms with Crippen molar-refractivity contribution in [2.24, 2.45) is 5.73 Å². The molecule has 0 unspecified atom stereocenters. The Kier molecular flexibility index (Phi) is 14.5. The normalized spacial score (nSPS) is 10.9. The van der Waals surface area contributed by atoms with E-state index in [4.69, 9.17) is 23.1 Å². The van der Waals surface area contributed by atoms with Crippen molar-refractivity contribution in [1.82, 2.24) is 44.9 Å². The van der Waals surface area contributed by atoms with Crippen LogP contribution in [0.1, 0.15) is 12.5 Å². The number of anilines is 6. The molecule has 5 aromatic rings. The second kappa shape index (κ2) is 19.7. The SMILES string of the molecule is CCSc1nc(N)nc(NCCNc2nc(NCCNc3nc(NCCN)nc(Sc4ccccc4)n3)nc(SCc3ccc(Cl)cc3)n2)n1. The van der Waals surface area contributed by atoms with E-state index in [1.54, 1.807) is 0 Å². The molecule has 20 heteroatoms. The maximum absolute atomic E-state index is 6.06. The monoisotopic (exact) mass is 752 g/mol. The van der Waals surface area contributed by atoms with E-state index < -0.39 is 0 Å². The van der Waals surface area contributed by atoms with Crippen molar-refractivity contribution in [3.05, 3.63) is 65.2 Å². The summed E-state index contributed by atoms with van der Waals surface area (Å²) in [6, 6.07) is 17.6. The lowest BCUT2D eigenvalue weighted by Gasteiger charge is -2.12. The summed E-state index contributed by atoms with van der Waals surface area (Å²) in [6.45, 7) is 4.94. The van der Waals surface area contributed by atoms with Crippen molar-refractivity contribution >= 4 is 82.6 Å². The number of hydrogen-bond donors (Lipinski definition) is 7. The highest BCUT2D eigenvalue weighted by atomic mass is 35.5. The molecule has 0 atom stereocenters. The van der Waals surface area contributed by atoms with E-state index in [1.807, 2.05) is 61.5 Å². The molecule has 262 valence electrons. The van der Waals surface area contributed by atoms with Gasteiger partial charge in [0, 0.05) is 54.9 Å². The van der Waals surface area contributed by atoms with E-state index in [9.17, 15) is 0 Å². The van der Waals surface area contributed by atoms with Gasteiger partial charge in [0.2, 0.25) is 35.7 Å². The maximum atomic E-state index is 6.06. The van der Waals surface area contributed by atoms with Crippen LogP contribution in [-0.2, 0) is 5.75 Å². The van der Waals surface area contributed by atoms with Gasteiger partial charge >= 0.3 is 0 Å². The number of nitrogens with one attached hydrogen (secondary N) is 5. The molecular formula is C30H37ClN16S3.